The number of rotatable bonds is 17. The highest BCUT2D eigenvalue weighted by Crippen LogP contribution is 2.10. The van der Waals surface area contributed by atoms with Crippen molar-refractivity contribution in [2.24, 2.45) is 16.5 Å². The van der Waals surface area contributed by atoms with Gasteiger partial charge in [-0.05, 0) is 26.2 Å². The molecule has 0 aliphatic heterocycles. The normalized spacial score (nSPS) is 10.9. The summed E-state index contributed by atoms with van der Waals surface area (Å²) in [6, 6.07) is -0.875. The molecule has 1 amide bonds. The minimum Gasteiger partial charge on any atom is -0.480 e. The first-order valence-corrected chi connectivity index (χ1v) is 11.5. The maximum Gasteiger partial charge on any atom is 0.403 e. The van der Waals surface area contributed by atoms with Crippen LogP contribution in [0, 0.1) is 0 Å². The molecule has 1 unspecified atom stereocenters. The van der Waals surface area contributed by atoms with Crippen molar-refractivity contribution in [1.82, 2.24) is 5.32 Å². The predicted molar refractivity (Wildman–Crippen MR) is 124 cm³/mol. The molecule has 0 aliphatic carbocycles. The van der Waals surface area contributed by atoms with Gasteiger partial charge in [0.2, 0.25) is 5.91 Å². The molecule has 0 radical (unpaired) electrons. The summed E-state index contributed by atoms with van der Waals surface area (Å²) >= 11 is 4.72. The molecule has 31 heavy (non-hydrogen) atoms. The van der Waals surface area contributed by atoms with Crippen molar-refractivity contribution in [2.75, 3.05) is 13.2 Å². The molecule has 6 N–H and O–H groups in total. The lowest BCUT2D eigenvalue weighted by Crippen LogP contribution is -2.40. The number of halogens is 1. The molecule has 0 aromatic heterocycles. The van der Waals surface area contributed by atoms with Crippen molar-refractivity contribution in [3.05, 3.63) is 0 Å². The van der Waals surface area contributed by atoms with Crippen molar-refractivity contribution in [2.45, 2.75) is 96.9 Å². The summed E-state index contributed by atoms with van der Waals surface area (Å²) in [6.45, 7) is 4.62. The van der Waals surface area contributed by atoms with E-state index in [9.17, 15) is 14.4 Å². The minimum atomic E-state index is -1.02. The molecule has 0 bridgehead atoms. The van der Waals surface area contributed by atoms with E-state index >= 15 is 0 Å². The van der Waals surface area contributed by atoms with E-state index in [1.54, 1.807) is 6.92 Å². The highest BCUT2D eigenvalue weighted by atomic mass is 35.5. The van der Waals surface area contributed by atoms with E-state index < -0.39 is 17.4 Å². The van der Waals surface area contributed by atoms with Crippen molar-refractivity contribution < 1.29 is 24.2 Å². The Balaban J connectivity index is 0. The van der Waals surface area contributed by atoms with E-state index in [2.05, 4.69) is 22.0 Å². The predicted octanol–water partition coefficient (Wildman–Crippen LogP) is 3.91. The number of nitrogens with one attached hydrogen (secondary N) is 1. The number of carbonyl (C=O) groups is 3. The van der Waals surface area contributed by atoms with Crippen LogP contribution in [0.4, 0.5) is 4.79 Å². The second-order valence-corrected chi connectivity index (χ2v) is 7.46. The van der Waals surface area contributed by atoms with Gasteiger partial charge in [-0.15, -0.1) is 0 Å². The van der Waals surface area contributed by atoms with Gasteiger partial charge in [-0.3, -0.25) is 9.79 Å². The van der Waals surface area contributed by atoms with Gasteiger partial charge in [-0.25, -0.2) is 9.59 Å². The third-order valence-corrected chi connectivity index (χ3v) is 4.45. The van der Waals surface area contributed by atoms with Crippen LogP contribution < -0.4 is 16.8 Å². The van der Waals surface area contributed by atoms with Crippen LogP contribution in [0.5, 0.6) is 0 Å². The maximum atomic E-state index is 11.9. The number of carbonyl (C=O) groups excluding carboxylic acids is 2. The van der Waals surface area contributed by atoms with Gasteiger partial charge in [0.05, 0.1) is 6.61 Å². The monoisotopic (exact) mass is 464 g/mol. The van der Waals surface area contributed by atoms with Crippen LogP contribution in [0.1, 0.15) is 90.9 Å². The Bertz CT molecular complexity index is 514. The first-order chi connectivity index (χ1) is 14.7. The molecule has 0 heterocycles. The first kappa shape index (κ1) is 31.2. The summed E-state index contributed by atoms with van der Waals surface area (Å²) in [5.41, 5.74) is 9.68. The van der Waals surface area contributed by atoms with Crippen LogP contribution in [-0.2, 0) is 14.3 Å². The van der Waals surface area contributed by atoms with Gasteiger partial charge < -0.3 is 26.6 Å². The number of aliphatic carboxylic acids is 1. The molecule has 0 fully saturated rings. The van der Waals surface area contributed by atoms with Gasteiger partial charge in [-0.1, -0.05) is 58.3 Å². The van der Waals surface area contributed by atoms with Crippen LogP contribution in [0.15, 0.2) is 4.99 Å². The average molecular weight is 465 g/mol. The molecule has 1 atom stereocenters. The van der Waals surface area contributed by atoms with Crippen LogP contribution in [0.2, 0.25) is 0 Å². The maximum absolute atomic E-state index is 11.9. The van der Waals surface area contributed by atoms with Crippen molar-refractivity contribution in [3.63, 3.8) is 0 Å². The molecule has 0 saturated carbocycles. The molecule has 0 aliphatic rings. The second-order valence-electron chi connectivity index (χ2n) is 7.16. The number of nitrogens with two attached hydrogens (primary N) is 2. The largest absolute Gasteiger partial charge is 0.480 e. The number of unbranched alkanes of at least 4 members (excludes halogenated alkanes) is 8. The fourth-order valence-electron chi connectivity index (χ4n) is 2.74. The van der Waals surface area contributed by atoms with Gasteiger partial charge in [0.1, 0.15) is 6.04 Å². The van der Waals surface area contributed by atoms with Gasteiger partial charge in [0, 0.05) is 24.6 Å². The lowest BCUT2D eigenvalue weighted by molar-refractivity contribution is -0.142. The van der Waals surface area contributed by atoms with Crippen LogP contribution in [-0.4, -0.2) is 47.6 Å². The lowest BCUT2D eigenvalue weighted by atomic mass is 10.1. The van der Waals surface area contributed by atoms with Gasteiger partial charge >= 0.3 is 11.4 Å². The fourth-order valence-corrected chi connectivity index (χ4v) is 2.85. The number of carboxylic acids is 1. The summed E-state index contributed by atoms with van der Waals surface area (Å²) in [5, 5.41) is 11.7. The third kappa shape index (κ3) is 25.9. The Kier molecular flexibility index (Phi) is 22.8. The van der Waals surface area contributed by atoms with Crippen LogP contribution >= 0.6 is 11.6 Å². The zero-order valence-corrected chi connectivity index (χ0v) is 19.8. The summed E-state index contributed by atoms with van der Waals surface area (Å²) in [5.74, 6) is -1.23. The molecule has 0 spiro atoms. The van der Waals surface area contributed by atoms with E-state index in [1.165, 1.54) is 38.5 Å². The minimum absolute atomic E-state index is 0.0127. The molecule has 0 saturated heterocycles. The Labute approximate surface area is 191 Å². The number of hydrogen-bond donors (Lipinski definition) is 4. The quantitative estimate of drug-likeness (QED) is 0.110. The van der Waals surface area contributed by atoms with E-state index in [0.29, 0.717) is 32.4 Å². The Hall–Kier alpha value is -2.03. The van der Waals surface area contributed by atoms with E-state index in [1.807, 2.05) is 0 Å². The Morgan fingerprint density at radius 1 is 0.968 bits per heavy atom. The molecule has 9 nitrogen and oxygen atoms in total. The number of guanidine groups is 1. The SMILES string of the molecule is CCCCCCCCCCCC(=O)NC(CCCN=C(N)N)C(=O)O.CCOC(=O)Cl. The number of ether oxygens (including phenoxy) is 1. The number of nitrogens with zero attached hydrogens (tertiary/aromatic N) is 1. The van der Waals surface area contributed by atoms with Gasteiger partial charge in [0.25, 0.3) is 0 Å². The Morgan fingerprint density at radius 2 is 1.52 bits per heavy atom. The van der Waals surface area contributed by atoms with Gasteiger partial charge in [-0.2, -0.15) is 0 Å². The first-order valence-electron chi connectivity index (χ1n) is 11.1. The number of hydrogen-bond acceptors (Lipinski definition) is 5. The summed E-state index contributed by atoms with van der Waals surface area (Å²) < 4.78 is 4.17. The molecule has 10 heteroatoms. The zero-order valence-electron chi connectivity index (χ0n) is 19.0. The standard InChI is InChI=1S/C18H36N4O3.C3H5ClO2/c1-2-3-4-5-6-7-8-9-10-13-16(23)22-15(17(24)25)12-11-14-21-18(19)20;1-2-6-3(4)5/h15H,2-14H2,1H3,(H,22,23)(H,24,25)(H4,19,20,21);2H2,1H3. The van der Waals surface area contributed by atoms with Crippen molar-refractivity contribution in [1.29, 1.82) is 0 Å². The van der Waals surface area contributed by atoms with Crippen LogP contribution in [0.25, 0.3) is 0 Å². The molecule has 0 aromatic carbocycles. The van der Waals surface area contributed by atoms with Gasteiger partial charge in [0.15, 0.2) is 5.96 Å². The second kappa shape index (κ2) is 22.7. The molecule has 0 rings (SSSR count). The zero-order chi connectivity index (χ0) is 23.9. The smallest absolute Gasteiger partial charge is 0.403 e. The number of carboxylic acid groups (broad SMARTS) is 1. The summed E-state index contributed by atoms with van der Waals surface area (Å²) in [6.07, 6.45) is 11.9. The molecular formula is C21H41ClN4O5. The third-order valence-electron chi connectivity index (χ3n) is 4.34. The summed E-state index contributed by atoms with van der Waals surface area (Å²) in [7, 11) is 0. The molecule has 182 valence electrons. The summed E-state index contributed by atoms with van der Waals surface area (Å²) in [4.78, 5) is 36.4. The number of amides is 1. The Morgan fingerprint density at radius 3 is 1.94 bits per heavy atom. The topological polar surface area (TPSA) is 157 Å². The fraction of sp³-hybridized carbons (Fsp3) is 0.810. The van der Waals surface area contributed by atoms with E-state index in [-0.39, 0.29) is 11.9 Å². The lowest BCUT2D eigenvalue weighted by Gasteiger charge is -2.14. The van der Waals surface area contributed by atoms with E-state index in [4.69, 9.17) is 28.2 Å². The van der Waals surface area contributed by atoms with E-state index in [0.717, 1.165) is 19.3 Å². The molecule has 0 aromatic rings. The highest BCUT2D eigenvalue weighted by Gasteiger charge is 2.18. The van der Waals surface area contributed by atoms with Crippen molar-refractivity contribution >= 4 is 34.9 Å². The highest BCUT2D eigenvalue weighted by molar-refractivity contribution is 6.61. The van der Waals surface area contributed by atoms with Crippen LogP contribution in [0.3, 0.4) is 0 Å². The number of aliphatic imine (C=N–C) groups is 1. The average Bonchev–Trinajstić information content (AvgIpc) is 2.69. The molecular weight excluding hydrogens is 424 g/mol. The van der Waals surface area contributed by atoms with Crippen molar-refractivity contribution in [3.8, 4) is 0 Å².